The fraction of sp³-hybridized carbons (Fsp3) is 0.167. The molecule has 3 aromatic heterocycles. The summed E-state index contributed by atoms with van der Waals surface area (Å²) < 4.78 is 9.11. The molecule has 25 heavy (non-hydrogen) atoms. The average molecular weight is 334 g/mol. The molecule has 7 heteroatoms. The average Bonchev–Trinajstić information content (AvgIpc) is 3.18. The number of nitrogen functional groups attached to an aromatic ring is 1. The maximum Gasteiger partial charge on any atom is 0.224 e. The fourth-order valence-electron chi connectivity index (χ4n) is 2.87. The normalized spacial score (nSPS) is 11.1. The minimum absolute atomic E-state index is 0.423. The third kappa shape index (κ3) is 2.69. The summed E-state index contributed by atoms with van der Waals surface area (Å²) in [5.41, 5.74) is 10.2. The number of aryl methyl sites for hydroxylation is 1. The van der Waals surface area contributed by atoms with Gasteiger partial charge in [0.15, 0.2) is 5.65 Å². The Bertz CT molecular complexity index is 1030. The van der Waals surface area contributed by atoms with E-state index in [4.69, 9.17) is 10.5 Å². The topological polar surface area (TPSA) is 83.8 Å². The van der Waals surface area contributed by atoms with E-state index in [9.17, 15) is 0 Å². The first kappa shape index (κ1) is 15.2. The van der Waals surface area contributed by atoms with Crippen LogP contribution >= 0.6 is 0 Å². The Kier molecular flexibility index (Phi) is 3.61. The summed E-state index contributed by atoms with van der Waals surface area (Å²) >= 11 is 0. The highest BCUT2D eigenvalue weighted by Crippen LogP contribution is 2.31. The number of benzene rings is 1. The van der Waals surface area contributed by atoms with E-state index in [1.165, 1.54) is 0 Å². The van der Waals surface area contributed by atoms with E-state index in [2.05, 4.69) is 15.1 Å². The van der Waals surface area contributed by atoms with Crippen LogP contribution in [0.3, 0.4) is 0 Å². The number of nitrogens with two attached hydrogens (primary N) is 1. The van der Waals surface area contributed by atoms with Gasteiger partial charge in [-0.2, -0.15) is 10.1 Å². The van der Waals surface area contributed by atoms with Crippen LogP contribution in [0.25, 0.3) is 22.4 Å². The van der Waals surface area contributed by atoms with Gasteiger partial charge in [-0.1, -0.05) is 30.3 Å². The molecule has 3 heterocycles. The molecule has 4 rings (SSSR count). The van der Waals surface area contributed by atoms with Crippen LogP contribution in [0.2, 0.25) is 0 Å². The fourth-order valence-corrected chi connectivity index (χ4v) is 2.87. The van der Waals surface area contributed by atoms with Gasteiger partial charge in [0, 0.05) is 13.2 Å². The number of hydrogen-bond acceptors (Lipinski definition) is 5. The van der Waals surface area contributed by atoms with Crippen molar-refractivity contribution in [2.24, 2.45) is 7.05 Å². The quantitative estimate of drug-likeness (QED) is 0.620. The molecular formula is C18H18N6O. The van der Waals surface area contributed by atoms with Crippen LogP contribution in [-0.4, -0.2) is 31.4 Å². The Balaban J connectivity index is 1.85. The largest absolute Gasteiger partial charge is 0.480 e. The van der Waals surface area contributed by atoms with Crippen molar-refractivity contribution in [2.45, 2.75) is 6.54 Å². The zero-order chi connectivity index (χ0) is 17.4. The van der Waals surface area contributed by atoms with Crippen molar-refractivity contribution in [3.8, 4) is 17.1 Å². The van der Waals surface area contributed by atoms with E-state index in [-0.39, 0.29) is 0 Å². The minimum atomic E-state index is 0.423. The number of methoxy groups -OCH3 is 1. The van der Waals surface area contributed by atoms with Crippen LogP contribution in [0, 0.1) is 0 Å². The van der Waals surface area contributed by atoms with E-state index in [0.717, 1.165) is 22.3 Å². The van der Waals surface area contributed by atoms with Crippen molar-refractivity contribution in [3.05, 3.63) is 54.2 Å². The first-order chi connectivity index (χ1) is 12.2. The Labute approximate surface area is 144 Å². The second kappa shape index (κ2) is 5.94. The first-order valence-electron chi connectivity index (χ1n) is 7.90. The minimum Gasteiger partial charge on any atom is -0.480 e. The number of imidazole rings is 1. The predicted octanol–water partition coefficient (Wildman–Crippen LogP) is 2.47. The molecule has 0 aliphatic heterocycles. The predicted molar refractivity (Wildman–Crippen MR) is 96.2 cm³/mol. The van der Waals surface area contributed by atoms with Gasteiger partial charge in [0.05, 0.1) is 24.9 Å². The number of nitrogens with zero attached hydrogens (tertiary/aromatic N) is 5. The summed E-state index contributed by atoms with van der Waals surface area (Å²) in [6.45, 7) is 0.599. The van der Waals surface area contributed by atoms with Crippen LogP contribution in [0.5, 0.6) is 5.88 Å². The Morgan fingerprint density at radius 3 is 2.60 bits per heavy atom. The van der Waals surface area contributed by atoms with Crippen molar-refractivity contribution < 1.29 is 4.74 Å². The SMILES string of the molecule is COc1nc2c(cc1-c1ccn(C)n1)nc(N)n2Cc1ccccc1. The smallest absolute Gasteiger partial charge is 0.224 e. The zero-order valence-corrected chi connectivity index (χ0v) is 14.0. The molecule has 7 nitrogen and oxygen atoms in total. The van der Waals surface area contributed by atoms with Crippen molar-refractivity contribution in [3.63, 3.8) is 0 Å². The molecule has 0 atom stereocenters. The van der Waals surface area contributed by atoms with Gasteiger partial charge < -0.3 is 10.5 Å². The molecule has 126 valence electrons. The molecule has 1 aromatic carbocycles. The molecular weight excluding hydrogens is 316 g/mol. The van der Waals surface area contributed by atoms with Gasteiger partial charge in [-0.25, -0.2) is 4.98 Å². The van der Waals surface area contributed by atoms with E-state index in [1.54, 1.807) is 11.8 Å². The van der Waals surface area contributed by atoms with Gasteiger partial charge >= 0.3 is 0 Å². The maximum absolute atomic E-state index is 6.14. The molecule has 0 spiro atoms. The Morgan fingerprint density at radius 2 is 1.92 bits per heavy atom. The van der Waals surface area contributed by atoms with Crippen molar-refractivity contribution >= 4 is 17.1 Å². The van der Waals surface area contributed by atoms with E-state index < -0.39 is 0 Å². The molecule has 0 amide bonds. The monoisotopic (exact) mass is 334 g/mol. The molecule has 0 aliphatic carbocycles. The number of fused-ring (bicyclic) bond motifs is 1. The Morgan fingerprint density at radius 1 is 1.12 bits per heavy atom. The van der Waals surface area contributed by atoms with Gasteiger partial charge in [0.1, 0.15) is 5.52 Å². The van der Waals surface area contributed by atoms with Gasteiger partial charge in [0.2, 0.25) is 11.8 Å². The van der Waals surface area contributed by atoms with Crippen LogP contribution in [-0.2, 0) is 13.6 Å². The number of anilines is 1. The zero-order valence-electron chi connectivity index (χ0n) is 14.0. The molecule has 0 bridgehead atoms. The highest BCUT2D eigenvalue weighted by atomic mass is 16.5. The van der Waals surface area contributed by atoms with E-state index >= 15 is 0 Å². The number of ether oxygens (including phenoxy) is 1. The van der Waals surface area contributed by atoms with E-state index in [0.29, 0.717) is 24.0 Å². The third-order valence-corrected chi connectivity index (χ3v) is 4.08. The summed E-state index contributed by atoms with van der Waals surface area (Å²) in [4.78, 5) is 9.11. The lowest BCUT2D eigenvalue weighted by Crippen LogP contribution is -2.05. The van der Waals surface area contributed by atoms with Gasteiger partial charge in [-0.15, -0.1) is 0 Å². The van der Waals surface area contributed by atoms with Gasteiger partial charge in [-0.3, -0.25) is 9.25 Å². The first-order valence-corrected chi connectivity index (χ1v) is 7.90. The summed E-state index contributed by atoms with van der Waals surface area (Å²) in [5.74, 6) is 0.923. The van der Waals surface area contributed by atoms with Crippen LogP contribution in [0.4, 0.5) is 5.95 Å². The van der Waals surface area contributed by atoms with E-state index in [1.807, 2.05) is 60.3 Å². The lowest BCUT2D eigenvalue weighted by molar-refractivity contribution is 0.400. The molecule has 0 radical (unpaired) electrons. The second-order valence-corrected chi connectivity index (χ2v) is 5.80. The maximum atomic E-state index is 6.14. The number of hydrogen-bond donors (Lipinski definition) is 1. The summed E-state index contributed by atoms with van der Waals surface area (Å²) in [7, 11) is 3.47. The molecule has 4 aromatic rings. The van der Waals surface area contributed by atoms with Crippen molar-refractivity contribution in [2.75, 3.05) is 12.8 Å². The highest BCUT2D eigenvalue weighted by molar-refractivity contribution is 5.82. The molecule has 0 aliphatic rings. The standard InChI is InChI=1S/C18H18N6O/c1-23-9-8-14(22-23)13-10-15-16(21-17(13)25-2)24(18(19)20-15)11-12-6-4-3-5-7-12/h3-10H,11H2,1-2H3,(H2,19,20). The van der Waals surface area contributed by atoms with Crippen molar-refractivity contribution in [1.82, 2.24) is 24.3 Å². The molecule has 2 N–H and O–H groups in total. The molecule has 0 saturated heterocycles. The third-order valence-electron chi connectivity index (χ3n) is 4.08. The molecule has 0 saturated carbocycles. The van der Waals surface area contributed by atoms with Gasteiger partial charge in [-0.05, 0) is 17.7 Å². The Hall–Kier alpha value is -3.35. The van der Waals surface area contributed by atoms with Crippen LogP contribution in [0.15, 0.2) is 48.7 Å². The molecule has 0 fully saturated rings. The summed E-state index contributed by atoms with van der Waals surface area (Å²) in [6.07, 6.45) is 1.88. The van der Waals surface area contributed by atoms with Crippen LogP contribution < -0.4 is 10.5 Å². The number of pyridine rings is 1. The lowest BCUT2D eigenvalue weighted by atomic mass is 10.2. The second-order valence-electron chi connectivity index (χ2n) is 5.80. The summed E-state index contributed by atoms with van der Waals surface area (Å²) in [6, 6.07) is 13.9. The number of aromatic nitrogens is 5. The van der Waals surface area contributed by atoms with Crippen LogP contribution in [0.1, 0.15) is 5.56 Å². The lowest BCUT2D eigenvalue weighted by Gasteiger charge is -2.08. The highest BCUT2D eigenvalue weighted by Gasteiger charge is 2.17. The molecule has 0 unspecified atom stereocenters. The van der Waals surface area contributed by atoms with Gasteiger partial charge in [0.25, 0.3) is 0 Å². The van der Waals surface area contributed by atoms with Crippen molar-refractivity contribution in [1.29, 1.82) is 0 Å². The summed E-state index contributed by atoms with van der Waals surface area (Å²) in [5, 5.41) is 4.42. The number of rotatable bonds is 4.